The van der Waals surface area contributed by atoms with E-state index in [1.807, 2.05) is 19.2 Å². The lowest BCUT2D eigenvalue weighted by atomic mass is 9.87. The van der Waals surface area contributed by atoms with Crippen LogP contribution in [0.15, 0.2) is 28.7 Å². The summed E-state index contributed by atoms with van der Waals surface area (Å²) in [5.41, 5.74) is 2.38. The maximum absolute atomic E-state index is 5.43. The zero-order chi connectivity index (χ0) is 13.9. The maximum atomic E-state index is 5.43. The SMILES string of the molecule is CNCc1nnc(Nc2ccc(C(C)(C)C)cc2)o1. The van der Waals surface area contributed by atoms with Crippen LogP contribution in [-0.2, 0) is 12.0 Å². The van der Waals surface area contributed by atoms with Gasteiger partial charge in [-0.1, -0.05) is 38.0 Å². The van der Waals surface area contributed by atoms with Crippen molar-refractivity contribution in [1.29, 1.82) is 0 Å². The van der Waals surface area contributed by atoms with Gasteiger partial charge in [0.1, 0.15) is 0 Å². The minimum Gasteiger partial charge on any atom is -0.406 e. The summed E-state index contributed by atoms with van der Waals surface area (Å²) >= 11 is 0. The fourth-order valence-electron chi connectivity index (χ4n) is 1.70. The molecule has 0 saturated carbocycles. The standard InChI is InChI=1S/C14H20N4O/c1-14(2,3)10-5-7-11(8-6-10)16-13-18-17-12(19-13)9-15-4/h5-8,15H,9H2,1-4H3,(H,16,18). The fraction of sp³-hybridized carbons (Fsp3) is 0.429. The molecule has 102 valence electrons. The van der Waals surface area contributed by atoms with E-state index in [-0.39, 0.29) is 5.41 Å². The second-order valence-electron chi connectivity index (χ2n) is 5.48. The van der Waals surface area contributed by atoms with Gasteiger partial charge < -0.3 is 15.1 Å². The third kappa shape index (κ3) is 3.54. The molecule has 2 N–H and O–H groups in total. The third-order valence-electron chi connectivity index (χ3n) is 2.80. The van der Waals surface area contributed by atoms with Crippen molar-refractivity contribution in [2.45, 2.75) is 32.7 Å². The van der Waals surface area contributed by atoms with Crippen LogP contribution in [0, 0.1) is 0 Å². The molecule has 0 aliphatic carbocycles. The Balaban J connectivity index is 2.06. The number of aromatic nitrogens is 2. The van der Waals surface area contributed by atoms with E-state index in [4.69, 9.17) is 4.42 Å². The molecule has 0 aliphatic heterocycles. The quantitative estimate of drug-likeness (QED) is 0.885. The molecular weight excluding hydrogens is 240 g/mol. The van der Waals surface area contributed by atoms with Gasteiger partial charge in [0.25, 0.3) is 0 Å². The largest absolute Gasteiger partial charge is 0.406 e. The fourth-order valence-corrected chi connectivity index (χ4v) is 1.70. The van der Waals surface area contributed by atoms with Crippen LogP contribution in [0.3, 0.4) is 0 Å². The molecule has 0 amide bonds. The smallest absolute Gasteiger partial charge is 0.320 e. The first-order valence-electron chi connectivity index (χ1n) is 6.33. The molecule has 2 rings (SSSR count). The van der Waals surface area contributed by atoms with E-state index in [0.29, 0.717) is 18.5 Å². The molecule has 0 bridgehead atoms. The van der Waals surface area contributed by atoms with Crippen molar-refractivity contribution in [3.63, 3.8) is 0 Å². The van der Waals surface area contributed by atoms with Gasteiger partial charge in [-0.2, -0.15) is 0 Å². The molecule has 0 spiro atoms. The molecule has 5 nitrogen and oxygen atoms in total. The van der Waals surface area contributed by atoms with Gasteiger partial charge in [-0.05, 0) is 30.2 Å². The van der Waals surface area contributed by atoms with Crippen LogP contribution in [-0.4, -0.2) is 17.2 Å². The van der Waals surface area contributed by atoms with Crippen molar-refractivity contribution < 1.29 is 4.42 Å². The van der Waals surface area contributed by atoms with E-state index in [0.717, 1.165) is 5.69 Å². The highest BCUT2D eigenvalue weighted by atomic mass is 16.4. The summed E-state index contributed by atoms with van der Waals surface area (Å²) in [6.45, 7) is 7.14. The molecule has 0 saturated heterocycles. The minimum absolute atomic E-state index is 0.156. The lowest BCUT2D eigenvalue weighted by Crippen LogP contribution is -2.10. The van der Waals surface area contributed by atoms with Crippen LogP contribution in [0.1, 0.15) is 32.2 Å². The van der Waals surface area contributed by atoms with Gasteiger partial charge in [0.15, 0.2) is 0 Å². The summed E-state index contributed by atoms with van der Waals surface area (Å²) in [6.07, 6.45) is 0. The van der Waals surface area contributed by atoms with Crippen molar-refractivity contribution in [3.05, 3.63) is 35.7 Å². The molecule has 0 fully saturated rings. The summed E-state index contributed by atoms with van der Waals surface area (Å²) in [4.78, 5) is 0. The zero-order valence-corrected chi connectivity index (χ0v) is 11.8. The van der Waals surface area contributed by atoms with E-state index in [2.05, 4.69) is 53.7 Å². The molecule has 5 heteroatoms. The topological polar surface area (TPSA) is 63.0 Å². The Labute approximate surface area is 113 Å². The summed E-state index contributed by atoms with van der Waals surface area (Å²) in [5, 5.41) is 13.9. The second-order valence-corrected chi connectivity index (χ2v) is 5.48. The first-order chi connectivity index (χ1) is 8.99. The van der Waals surface area contributed by atoms with Gasteiger partial charge in [-0.25, -0.2) is 0 Å². The summed E-state index contributed by atoms with van der Waals surface area (Å²) in [5.74, 6) is 0.566. The third-order valence-corrected chi connectivity index (χ3v) is 2.80. The zero-order valence-electron chi connectivity index (χ0n) is 11.8. The molecule has 0 unspecified atom stereocenters. The van der Waals surface area contributed by atoms with Gasteiger partial charge in [-0.3, -0.25) is 0 Å². The van der Waals surface area contributed by atoms with Gasteiger partial charge >= 0.3 is 6.01 Å². The van der Waals surface area contributed by atoms with Gasteiger partial charge in [0, 0.05) is 5.69 Å². The summed E-state index contributed by atoms with van der Waals surface area (Å²) in [6, 6.07) is 8.65. The highest BCUT2D eigenvalue weighted by molar-refractivity contribution is 5.52. The van der Waals surface area contributed by atoms with Crippen LogP contribution >= 0.6 is 0 Å². The number of nitrogens with zero attached hydrogens (tertiary/aromatic N) is 2. The molecule has 2 aromatic rings. The van der Waals surface area contributed by atoms with Crippen molar-refractivity contribution >= 4 is 11.7 Å². The van der Waals surface area contributed by atoms with Crippen molar-refractivity contribution in [1.82, 2.24) is 15.5 Å². The number of hydrogen-bond donors (Lipinski definition) is 2. The first-order valence-corrected chi connectivity index (χ1v) is 6.33. The lowest BCUT2D eigenvalue weighted by molar-refractivity contribution is 0.493. The van der Waals surface area contributed by atoms with Gasteiger partial charge in [0.2, 0.25) is 5.89 Å². The Morgan fingerprint density at radius 3 is 2.37 bits per heavy atom. The Hall–Kier alpha value is -1.88. The molecule has 0 radical (unpaired) electrons. The normalized spacial score (nSPS) is 11.6. The Morgan fingerprint density at radius 1 is 1.11 bits per heavy atom. The molecule has 1 aromatic heterocycles. The van der Waals surface area contributed by atoms with Crippen LogP contribution in [0.4, 0.5) is 11.7 Å². The molecule has 1 aromatic carbocycles. The van der Waals surface area contributed by atoms with E-state index in [1.165, 1.54) is 5.56 Å². The van der Waals surface area contributed by atoms with Crippen LogP contribution in [0.5, 0.6) is 0 Å². The van der Waals surface area contributed by atoms with E-state index < -0.39 is 0 Å². The Bertz CT molecular complexity index is 525. The average molecular weight is 260 g/mol. The lowest BCUT2D eigenvalue weighted by Gasteiger charge is -2.19. The summed E-state index contributed by atoms with van der Waals surface area (Å²) < 4.78 is 5.43. The predicted octanol–water partition coefficient (Wildman–Crippen LogP) is 2.83. The number of hydrogen-bond acceptors (Lipinski definition) is 5. The second kappa shape index (κ2) is 5.40. The molecule has 0 aliphatic rings. The van der Waals surface area contributed by atoms with Gasteiger partial charge in [0.05, 0.1) is 6.54 Å². The van der Waals surface area contributed by atoms with Crippen LogP contribution in [0.25, 0.3) is 0 Å². The number of benzene rings is 1. The van der Waals surface area contributed by atoms with E-state index in [9.17, 15) is 0 Å². The maximum Gasteiger partial charge on any atom is 0.320 e. The van der Waals surface area contributed by atoms with Crippen LogP contribution in [0.2, 0.25) is 0 Å². The molecule has 19 heavy (non-hydrogen) atoms. The van der Waals surface area contributed by atoms with Crippen molar-refractivity contribution in [3.8, 4) is 0 Å². The molecular formula is C14H20N4O. The van der Waals surface area contributed by atoms with Crippen molar-refractivity contribution in [2.75, 3.05) is 12.4 Å². The van der Waals surface area contributed by atoms with E-state index in [1.54, 1.807) is 0 Å². The molecule has 1 heterocycles. The minimum atomic E-state index is 0.156. The average Bonchev–Trinajstić information content (AvgIpc) is 2.77. The van der Waals surface area contributed by atoms with E-state index >= 15 is 0 Å². The Kier molecular flexibility index (Phi) is 3.85. The highest BCUT2D eigenvalue weighted by Crippen LogP contribution is 2.24. The van der Waals surface area contributed by atoms with Crippen LogP contribution < -0.4 is 10.6 Å². The van der Waals surface area contributed by atoms with Gasteiger partial charge in [-0.15, -0.1) is 5.10 Å². The summed E-state index contributed by atoms with van der Waals surface area (Å²) in [7, 11) is 1.84. The van der Waals surface area contributed by atoms with Crippen molar-refractivity contribution in [2.24, 2.45) is 0 Å². The number of anilines is 2. The Morgan fingerprint density at radius 2 is 1.79 bits per heavy atom. The molecule has 0 atom stereocenters. The number of nitrogens with one attached hydrogen (secondary N) is 2. The monoisotopic (exact) mass is 260 g/mol. The first kappa shape index (κ1) is 13.5. The number of rotatable bonds is 4. The highest BCUT2D eigenvalue weighted by Gasteiger charge is 2.13. The predicted molar refractivity (Wildman–Crippen MR) is 75.5 cm³/mol.